The summed E-state index contributed by atoms with van der Waals surface area (Å²) in [4.78, 5) is 19.5. The van der Waals surface area contributed by atoms with Crippen molar-refractivity contribution in [2.75, 3.05) is 19.9 Å². The van der Waals surface area contributed by atoms with Crippen LogP contribution in [0.15, 0.2) is 54.7 Å². The van der Waals surface area contributed by atoms with Crippen LogP contribution in [0.4, 0.5) is 0 Å². The van der Waals surface area contributed by atoms with Gasteiger partial charge >= 0.3 is 0 Å². The molecule has 0 bridgehead atoms. The van der Waals surface area contributed by atoms with E-state index >= 15 is 0 Å². The summed E-state index contributed by atoms with van der Waals surface area (Å²) in [7, 11) is 0. The number of benzene rings is 2. The van der Waals surface area contributed by atoms with Crippen molar-refractivity contribution in [3.63, 3.8) is 0 Å². The zero-order valence-electron chi connectivity index (χ0n) is 14.8. The van der Waals surface area contributed by atoms with Gasteiger partial charge in [-0.1, -0.05) is 30.3 Å². The largest absolute Gasteiger partial charge is 0.454 e. The van der Waals surface area contributed by atoms with E-state index in [0.717, 1.165) is 30.0 Å². The molecule has 1 aromatic heterocycles. The molecule has 6 heteroatoms. The highest BCUT2D eigenvalue weighted by Crippen LogP contribution is 2.33. The molecule has 3 heterocycles. The molecular weight excluding hydrogens is 342 g/mol. The molecule has 1 amide bonds. The van der Waals surface area contributed by atoms with Crippen molar-refractivity contribution in [1.82, 2.24) is 14.5 Å². The molecular formula is C21H19N3O3. The summed E-state index contributed by atoms with van der Waals surface area (Å²) in [5.41, 5.74) is 2.87. The second kappa shape index (κ2) is 6.46. The van der Waals surface area contributed by atoms with Gasteiger partial charge in [-0.15, -0.1) is 0 Å². The molecule has 0 spiro atoms. The molecule has 27 heavy (non-hydrogen) atoms. The van der Waals surface area contributed by atoms with Gasteiger partial charge in [-0.3, -0.25) is 4.79 Å². The van der Waals surface area contributed by atoms with Crippen molar-refractivity contribution < 1.29 is 14.3 Å². The van der Waals surface area contributed by atoms with Crippen LogP contribution in [0.25, 0.3) is 11.3 Å². The quantitative estimate of drug-likeness (QED) is 0.704. The van der Waals surface area contributed by atoms with Crippen LogP contribution in [-0.4, -0.2) is 40.2 Å². The van der Waals surface area contributed by atoms with Crippen LogP contribution in [0, 0.1) is 0 Å². The molecule has 2 aromatic carbocycles. The molecule has 3 aromatic rings. The van der Waals surface area contributed by atoms with Crippen LogP contribution in [-0.2, 0) is 13.0 Å². The van der Waals surface area contributed by atoms with Crippen LogP contribution < -0.4 is 9.47 Å². The summed E-state index contributed by atoms with van der Waals surface area (Å²) in [5.74, 6) is 2.36. The van der Waals surface area contributed by atoms with Crippen molar-refractivity contribution in [3.05, 3.63) is 66.1 Å². The monoisotopic (exact) mass is 361 g/mol. The number of hydrogen-bond donors (Lipinski definition) is 0. The Labute approximate surface area is 157 Å². The molecule has 0 saturated heterocycles. The van der Waals surface area contributed by atoms with E-state index in [4.69, 9.17) is 9.47 Å². The molecule has 2 aliphatic heterocycles. The lowest BCUT2D eigenvalue weighted by Crippen LogP contribution is -2.33. The zero-order valence-corrected chi connectivity index (χ0v) is 14.8. The van der Waals surface area contributed by atoms with Gasteiger partial charge in [0, 0.05) is 31.6 Å². The van der Waals surface area contributed by atoms with Gasteiger partial charge in [0.25, 0.3) is 5.91 Å². The fraction of sp³-hybridized carbons (Fsp3) is 0.238. The lowest BCUT2D eigenvalue weighted by Gasteiger charge is -2.20. The molecule has 5 rings (SSSR count). The van der Waals surface area contributed by atoms with E-state index < -0.39 is 0 Å². The Morgan fingerprint density at radius 1 is 0.963 bits per heavy atom. The second-order valence-electron chi connectivity index (χ2n) is 6.69. The SMILES string of the molecule is O=C(c1ccc2c(c1)OCO2)N1CCc2ncc(-c3ccccc3)n2CC1. The van der Waals surface area contributed by atoms with Crippen molar-refractivity contribution >= 4 is 5.91 Å². The number of ether oxygens (including phenoxy) is 2. The number of rotatable bonds is 2. The highest BCUT2D eigenvalue weighted by molar-refractivity contribution is 5.95. The number of amides is 1. The van der Waals surface area contributed by atoms with Crippen LogP contribution >= 0.6 is 0 Å². The van der Waals surface area contributed by atoms with Gasteiger partial charge in [0.15, 0.2) is 11.5 Å². The first-order chi connectivity index (χ1) is 13.3. The average molecular weight is 361 g/mol. The third-order valence-electron chi connectivity index (χ3n) is 5.11. The number of fused-ring (bicyclic) bond motifs is 2. The van der Waals surface area contributed by atoms with Crippen molar-refractivity contribution in [3.8, 4) is 22.8 Å². The minimum Gasteiger partial charge on any atom is -0.454 e. The Hall–Kier alpha value is -3.28. The van der Waals surface area contributed by atoms with E-state index in [1.54, 1.807) is 18.2 Å². The Balaban J connectivity index is 1.37. The summed E-state index contributed by atoms with van der Waals surface area (Å²) in [6.07, 6.45) is 2.67. The van der Waals surface area contributed by atoms with Crippen LogP contribution in [0.3, 0.4) is 0 Å². The number of carbonyl (C=O) groups is 1. The highest BCUT2D eigenvalue weighted by Gasteiger charge is 2.24. The maximum Gasteiger partial charge on any atom is 0.254 e. The van der Waals surface area contributed by atoms with E-state index in [0.29, 0.717) is 30.2 Å². The lowest BCUT2D eigenvalue weighted by atomic mass is 10.1. The van der Waals surface area contributed by atoms with Crippen LogP contribution in [0.2, 0.25) is 0 Å². The van der Waals surface area contributed by atoms with Gasteiger partial charge in [0.1, 0.15) is 5.82 Å². The number of imidazole rings is 1. The van der Waals surface area contributed by atoms with E-state index in [9.17, 15) is 4.79 Å². The van der Waals surface area contributed by atoms with E-state index in [1.807, 2.05) is 29.3 Å². The first-order valence-corrected chi connectivity index (χ1v) is 9.08. The van der Waals surface area contributed by atoms with Crippen molar-refractivity contribution in [2.24, 2.45) is 0 Å². The minimum atomic E-state index is 0.0142. The highest BCUT2D eigenvalue weighted by atomic mass is 16.7. The second-order valence-corrected chi connectivity index (χ2v) is 6.69. The first kappa shape index (κ1) is 15.9. The van der Waals surface area contributed by atoms with Gasteiger partial charge in [-0.05, 0) is 23.8 Å². The number of aromatic nitrogens is 2. The first-order valence-electron chi connectivity index (χ1n) is 9.08. The molecule has 0 N–H and O–H groups in total. The maximum atomic E-state index is 13.0. The lowest BCUT2D eigenvalue weighted by molar-refractivity contribution is 0.0759. The molecule has 2 aliphatic rings. The standard InChI is InChI=1S/C21H19N3O3/c25-21(16-6-7-18-19(12-16)27-14-26-18)23-9-8-20-22-13-17(24(20)11-10-23)15-4-2-1-3-5-15/h1-7,12-13H,8-11,14H2. The predicted octanol–water partition coefficient (Wildman–Crippen LogP) is 2.98. The van der Waals surface area contributed by atoms with Gasteiger partial charge in [0.05, 0.1) is 11.9 Å². The van der Waals surface area contributed by atoms with E-state index in [2.05, 4.69) is 21.7 Å². The summed E-state index contributed by atoms with van der Waals surface area (Å²) in [6.45, 7) is 2.24. The normalized spacial score (nSPS) is 15.3. The molecule has 0 atom stereocenters. The Morgan fingerprint density at radius 2 is 1.81 bits per heavy atom. The van der Waals surface area contributed by atoms with Crippen LogP contribution in [0.1, 0.15) is 16.2 Å². The summed E-state index contributed by atoms with van der Waals surface area (Å²) in [6, 6.07) is 15.6. The summed E-state index contributed by atoms with van der Waals surface area (Å²) in [5, 5.41) is 0. The smallest absolute Gasteiger partial charge is 0.254 e. The fourth-order valence-electron chi connectivity index (χ4n) is 3.69. The maximum absolute atomic E-state index is 13.0. The molecule has 0 saturated carbocycles. The van der Waals surface area contributed by atoms with Crippen molar-refractivity contribution in [2.45, 2.75) is 13.0 Å². The predicted molar refractivity (Wildman–Crippen MR) is 99.8 cm³/mol. The fourth-order valence-corrected chi connectivity index (χ4v) is 3.69. The summed E-state index contributed by atoms with van der Waals surface area (Å²) < 4.78 is 12.9. The average Bonchev–Trinajstić information content (AvgIpc) is 3.29. The van der Waals surface area contributed by atoms with Crippen LogP contribution in [0.5, 0.6) is 11.5 Å². The Bertz CT molecular complexity index is 997. The molecule has 6 nitrogen and oxygen atoms in total. The molecule has 0 fully saturated rings. The Morgan fingerprint density at radius 3 is 2.70 bits per heavy atom. The third-order valence-corrected chi connectivity index (χ3v) is 5.11. The summed E-state index contributed by atoms with van der Waals surface area (Å²) >= 11 is 0. The van der Waals surface area contributed by atoms with Gasteiger partial charge in [-0.25, -0.2) is 4.98 Å². The van der Waals surface area contributed by atoms with Gasteiger partial charge in [-0.2, -0.15) is 0 Å². The molecule has 0 radical (unpaired) electrons. The Kier molecular flexibility index (Phi) is 3.81. The van der Waals surface area contributed by atoms with Crippen molar-refractivity contribution in [1.29, 1.82) is 0 Å². The zero-order chi connectivity index (χ0) is 18.2. The van der Waals surface area contributed by atoms with Gasteiger partial charge in [0.2, 0.25) is 6.79 Å². The van der Waals surface area contributed by atoms with Gasteiger partial charge < -0.3 is 18.9 Å². The molecule has 136 valence electrons. The van der Waals surface area contributed by atoms with E-state index in [1.165, 1.54) is 0 Å². The topological polar surface area (TPSA) is 56.6 Å². The number of nitrogens with zero attached hydrogens (tertiary/aromatic N) is 3. The third kappa shape index (κ3) is 2.83. The molecule has 0 aliphatic carbocycles. The minimum absolute atomic E-state index is 0.0142. The van der Waals surface area contributed by atoms with E-state index in [-0.39, 0.29) is 12.7 Å². The number of carbonyl (C=O) groups excluding carboxylic acids is 1. The molecule has 0 unspecified atom stereocenters. The number of hydrogen-bond acceptors (Lipinski definition) is 4.